The van der Waals surface area contributed by atoms with Gasteiger partial charge >= 0.3 is 11.9 Å². The predicted molar refractivity (Wildman–Crippen MR) is 124 cm³/mol. The van der Waals surface area contributed by atoms with E-state index >= 15 is 0 Å². The van der Waals surface area contributed by atoms with E-state index < -0.39 is 11.9 Å². The number of aliphatic carboxylic acids is 2. The summed E-state index contributed by atoms with van der Waals surface area (Å²) in [5.74, 6) is -2.22. The Morgan fingerprint density at radius 1 is 0.611 bits per heavy atom. The van der Waals surface area contributed by atoms with Crippen LogP contribution in [0.2, 0.25) is 0 Å². The Morgan fingerprint density at radius 3 is 1.31 bits per heavy atom. The molecule has 0 saturated heterocycles. The van der Waals surface area contributed by atoms with E-state index in [9.17, 15) is 19.2 Å². The van der Waals surface area contributed by atoms with E-state index in [0.717, 1.165) is 0 Å². The molecule has 186 valence electrons. The number of anilines is 2. The van der Waals surface area contributed by atoms with Crippen molar-refractivity contribution < 1.29 is 29.4 Å². The molecule has 0 aromatic carbocycles. The Labute approximate surface area is 204 Å². The van der Waals surface area contributed by atoms with E-state index in [0.29, 0.717) is 22.8 Å². The van der Waals surface area contributed by atoms with E-state index in [2.05, 4.69) is 41.0 Å². The third-order valence-electron chi connectivity index (χ3n) is 4.62. The van der Waals surface area contributed by atoms with Crippen LogP contribution in [0.15, 0.2) is 36.7 Å². The maximum absolute atomic E-state index is 11.8. The number of hydrogen-bond acceptors (Lipinski definition) is 10. The van der Waals surface area contributed by atoms with Crippen molar-refractivity contribution in [3.8, 4) is 23.0 Å². The smallest absolute Gasteiger partial charge is 0.303 e. The van der Waals surface area contributed by atoms with Gasteiger partial charge in [-0.2, -0.15) is 0 Å². The number of hydrogen-bond donors (Lipinski definition) is 4. The Bertz CT molecular complexity index is 1120. The molecule has 0 bridgehead atoms. The summed E-state index contributed by atoms with van der Waals surface area (Å²) < 4.78 is 0. The van der Waals surface area contributed by atoms with Gasteiger partial charge in [0.2, 0.25) is 23.5 Å². The van der Waals surface area contributed by atoms with Crippen LogP contribution >= 0.6 is 0 Å². The number of rotatable bonds is 12. The fraction of sp³-hybridized carbons (Fsp3) is 0.273. The van der Waals surface area contributed by atoms with Gasteiger partial charge in [-0.15, -0.1) is 20.4 Å². The minimum atomic E-state index is -0.954. The molecule has 3 rings (SSSR count). The van der Waals surface area contributed by atoms with Crippen LogP contribution < -0.4 is 10.6 Å². The molecule has 0 aliphatic carbocycles. The van der Waals surface area contributed by atoms with Crippen molar-refractivity contribution in [2.45, 2.75) is 38.5 Å². The van der Waals surface area contributed by atoms with E-state index in [1.165, 1.54) is 12.4 Å². The molecule has 0 aliphatic rings. The van der Waals surface area contributed by atoms with Crippen molar-refractivity contribution in [3.05, 3.63) is 36.7 Å². The van der Waals surface area contributed by atoms with Crippen molar-refractivity contribution in [3.63, 3.8) is 0 Å². The first-order chi connectivity index (χ1) is 17.3. The van der Waals surface area contributed by atoms with Gasteiger partial charge in [-0.1, -0.05) is 0 Å². The Hall–Kier alpha value is -4.88. The number of carbonyl (C=O) groups excluding carboxylic acids is 2. The van der Waals surface area contributed by atoms with Gasteiger partial charge in [0.1, 0.15) is 11.4 Å². The lowest BCUT2D eigenvalue weighted by Gasteiger charge is -2.06. The van der Waals surface area contributed by atoms with Crippen molar-refractivity contribution in [1.82, 2.24) is 30.4 Å². The number of pyridine rings is 2. The molecule has 2 amide bonds. The summed E-state index contributed by atoms with van der Waals surface area (Å²) >= 11 is 0. The lowest BCUT2D eigenvalue weighted by atomic mass is 10.2. The van der Waals surface area contributed by atoms with Crippen molar-refractivity contribution >= 4 is 35.1 Å². The van der Waals surface area contributed by atoms with Crippen molar-refractivity contribution in [2.24, 2.45) is 0 Å². The summed E-state index contributed by atoms with van der Waals surface area (Å²) in [5.41, 5.74) is 1.63. The first-order valence-corrected chi connectivity index (χ1v) is 10.8. The van der Waals surface area contributed by atoms with Crippen molar-refractivity contribution in [1.29, 1.82) is 0 Å². The molecule has 0 aliphatic heterocycles. The molecule has 4 N–H and O–H groups in total. The lowest BCUT2D eigenvalue weighted by molar-refractivity contribution is -0.138. The molecule has 14 nitrogen and oxygen atoms in total. The van der Waals surface area contributed by atoms with Gasteiger partial charge in [0.15, 0.2) is 0 Å². The highest BCUT2D eigenvalue weighted by Gasteiger charge is 2.11. The summed E-state index contributed by atoms with van der Waals surface area (Å²) in [7, 11) is 0. The fourth-order valence-corrected chi connectivity index (χ4v) is 2.88. The monoisotopic (exact) mass is 494 g/mol. The van der Waals surface area contributed by atoms with Crippen LogP contribution in [0, 0.1) is 0 Å². The number of nitrogens with zero attached hydrogens (tertiary/aromatic N) is 6. The molecule has 36 heavy (non-hydrogen) atoms. The molecule has 0 unspecified atom stereocenters. The molecular weight excluding hydrogens is 472 g/mol. The molecule has 0 saturated carbocycles. The van der Waals surface area contributed by atoms with Crippen LogP contribution in [0.5, 0.6) is 0 Å². The zero-order valence-corrected chi connectivity index (χ0v) is 18.9. The molecule has 3 aromatic rings. The quantitative estimate of drug-likeness (QED) is 0.284. The number of carboxylic acid groups (broad SMARTS) is 2. The number of aromatic nitrogens is 6. The van der Waals surface area contributed by atoms with Gasteiger partial charge in [0, 0.05) is 25.7 Å². The SMILES string of the molecule is O=C(O)CCCC(=O)Nc1ccc(-c2nnc(-c3ccc(NC(=O)CCCC(=O)O)cn3)nn2)nc1. The van der Waals surface area contributed by atoms with E-state index in [4.69, 9.17) is 10.2 Å². The number of amides is 2. The predicted octanol–water partition coefficient (Wildman–Crippen LogP) is 1.78. The summed E-state index contributed by atoms with van der Waals surface area (Å²) in [5, 5.41) is 38.5. The van der Waals surface area contributed by atoms with Gasteiger partial charge in [-0.05, 0) is 37.1 Å². The normalized spacial score (nSPS) is 10.4. The van der Waals surface area contributed by atoms with Crippen LogP contribution in [0.4, 0.5) is 11.4 Å². The first-order valence-electron chi connectivity index (χ1n) is 10.8. The van der Waals surface area contributed by atoms with Gasteiger partial charge in [0.05, 0.1) is 23.8 Å². The number of carbonyl (C=O) groups is 4. The third kappa shape index (κ3) is 8.16. The van der Waals surface area contributed by atoms with Crippen LogP contribution in [-0.2, 0) is 19.2 Å². The van der Waals surface area contributed by atoms with Crippen LogP contribution in [0.25, 0.3) is 23.0 Å². The second-order valence-corrected chi connectivity index (χ2v) is 7.50. The topological polar surface area (TPSA) is 210 Å². The average molecular weight is 494 g/mol. The van der Waals surface area contributed by atoms with E-state index in [1.807, 2.05) is 0 Å². The molecule has 0 spiro atoms. The molecule has 0 atom stereocenters. The van der Waals surface area contributed by atoms with Gasteiger partial charge in [-0.3, -0.25) is 29.1 Å². The highest BCUT2D eigenvalue weighted by Crippen LogP contribution is 2.17. The Kier molecular flexibility index (Phi) is 8.97. The standard InChI is InChI=1S/C22H22N8O6/c31-17(3-1-5-19(33)34)25-13-7-9-15(23-11-13)21-27-29-22(30-28-21)16-10-8-14(12-24-16)26-18(32)4-2-6-20(35)36/h7-12H,1-6H2,(H,25,31)(H,26,32)(H,33,34)(H,35,36). The summed E-state index contributed by atoms with van der Waals surface area (Å²) in [6, 6.07) is 6.37. The van der Waals surface area contributed by atoms with E-state index in [1.54, 1.807) is 24.3 Å². The summed E-state index contributed by atoms with van der Waals surface area (Å²) in [6.45, 7) is 0. The van der Waals surface area contributed by atoms with Crippen LogP contribution in [-0.4, -0.2) is 64.3 Å². The van der Waals surface area contributed by atoms with Crippen molar-refractivity contribution in [2.75, 3.05) is 10.6 Å². The second kappa shape index (κ2) is 12.5. The van der Waals surface area contributed by atoms with Gasteiger partial charge in [-0.25, -0.2) is 0 Å². The zero-order chi connectivity index (χ0) is 25.9. The minimum absolute atomic E-state index is 0.0790. The Morgan fingerprint density at radius 2 is 1.00 bits per heavy atom. The second-order valence-electron chi connectivity index (χ2n) is 7.50. The molecule has 14 heteroatoms. The maximum atomic E-state index is 11.8. The van der Waals surface area contributed by atoms with Crippen LogP contribution in [0.3, 0.4) is 0 Å². The molecule has 3 aromatic heterocycles. The minimum Gasteiger partial charge on any atom is -0.481 e. The Balaban J connectivity index is 1.54. The molecule has 3 heterocycles. The lowest BCUT2D eigenvalue weighted by Crippen LogP contribution is -2.12. The average Bonchev–Trinajstić information content (AvgIpc) is 2.85. The zero-order valence-electron chi connectivity index (χ0n) is 18.9. The fourth-order valence-electron chi connectivity index (χ4n) is 2.88. The van der Waals surface area contributed by atoms with Gasteiger partial charge in [0.25, 0.3) is 0 Å². The molecular formula is C22H22N8O6. The number of carboxylic acids is 2. The molecule has 0 fully saturated rings. The van der Waals surface area contributed by atoms with E-state index in [-0.39, 0.29) is 62.0 Å². The highest BCUT2D eigenvalue weighted by atomic mass is 16.4. The molecule has 0 radical (unpaired) electrons. The third-order valence-corrected chi connectivity index (χ3v) is 4.62. The highest BCUT2D eigenvalue weighted by molar-refractivity contribution is 5.91. The van der Waals surface area contributed by atoms with Crippen LogP contribution in [0.1, 0.15) is 38.5 Å². The first kappa shape index (κ1) is 25.7. The maximum Gasteiger partial charge on any atom is 0.303 e. The number of nitrogens with one attached hydrogen (secondary N) is 2. The summed E-state index contributed by atoms with van der Waals surface area (Å²) in [6.07, 6.45) is 3.32. The largest absolute Gasteiger partial charge is 0.481 e. The van der Waals surface area contributed by atoms with Gasteiger partial charge < -0.3 is 20.8 Å². The summed E-state index contributed by atoms with van der Waals surface area (Å²) in [4.78, 5) is 53.1.